The summed E-state index contributed by atoms with van der Waals surface area (Å²) in [6.45, 7) is 7.44. The average molecular weight is 236 g/mol. The Morgan fingerprint density at radius 2 is 2.24 bits per heavy atom. The summed E-state index contributed by atoms with van der Waals surface area (Å²) in [7, 11) is 0. The van der Waals surface area contributed by atoms with Gasteiger partial charge in [-0.1, -0.05) is 0 Å². The summed E-state index contributed by atoms with van der Waals surface area (Å²) in [6.07, 6.45) is 2.00. The molecule has 1 aliphatic rings. The molecule has 1 saturated heterocycles. The maximum absolute atomic E-state index is 11.5. The van der Waals surface area contributed by atoms with Crippen molar-refractivity contribution in [3.63, 3.8) is 0 Å². The van der Waals surface area contributed by atoms with Crippen molar-refractivity contribution in [2.24, 2.45) is 0 Å². The number of rotatable bonds is 4. The van der Waals surface area contributed by atoms with Crippen molar-refractivity contribution in [3.8, 4) is 0 Å². The minimum Gasteiger partial charge on any atom is -0.338 e. The standard InChI is InChI=1S/C12H20N4O/c1-10-9-11(2)16(14-10)8-4-7-15-6-3-5-13-12(15)17/h9H,3-8H2,1-2H3,(H,13,17). The molecule has 0 spiro atoms. The van der Waals surface area contributed by atoms with E-state index in [0.29, 0.717) is 0 Å². The molecule has 5 heteroatoms. The van der Waals surface area contributed by atoms with Crippen LogP contribution in [0.3, 0.4) is 0 Å². The number of aromatic nitrogens is 2. The van der Waals surface area contributed by atoms with Gasteiger partial charge in [-0.3, -0.25) is 4.68 Å². The zero-order valence-corrected chi connectivity index (χ0v) is 10.6. The predicted molar refractivity (Wildman–Crippen MR) is 65.9 cm³/mol. The lowest BCUT2D eigenvalue weighted by molar-refractivity contribution is 0.184. The van der Waals surface area contributed by atoms with Crippen LogP contribution >= 0.6 is 0 Å². The van der Waals surface area contributed by atoms with E-state index in [2.05, 4.69) is 23.4 Å². The Kier molecular flexibility index (Phi) is 3.66. The van der Waals surface area contributed by atoms with Crippen LogP contribution in [-0.2, 0) is 6.54 Å². The first-order valence-corrected chi connectivity index (χ1v) is 6.20. The molecule has 1 fully saturated rings. The fraction of sp³-hybridized carbons (Fsp3) is 0.667. The Bertz CT molecular complexity index is 399. The highest BCUT2D eigenvalue weighted by Gasteiger charge is 2.16. The number of carbonyl (C=O) groups excluding carboxylic acids is 1. The highest BCUT2D eigenvalue weighted by Crippen LogP contribution is 2.05. The number of carbonyl (C=O) groups is 1. The third-order valence-electron chi connectivity index (χ3n) is 3.07. The van der Waals surface area contributed by atoms with Crippen LogP contribution in [0.5, 0.6) is 0 Å². The average Bonchev–Trinajstić information content (AvgIpc) is 2.60. The van der Waals surface area contributed by atoms with Gasteiger partial charge in [0.1, 0.15) is 0 Å². The molecular weight excluding hydrogens is 216 g/mol. The molecule has 0 bridgehead atoms. The van der Waals surface area contributed by atoms with Crippen molar-refractivity contribution >= 4 is 6.03 Å². The Labute approximate surface area is 102 Å². The maximum atomic E-state index is 11.5. The number of urea groups is 1. The van der Waals surface area contributed by atoms with E-state index >= 15 is 0 Å². The molecule has 2 rings (SSSR count). The topological polar surface area (TPSA) is 50.2 Å². The van der Waals surface area contributed by atoms with Crippen LogP contribution in [0, 0.1) is 13.8 Å². The Balaban J connectivity index is 1.79. The molecule has 17 heavy (non-hydrogen) atoms. The van der Waals surface area contributed by atoms with Gasteiger partial charge >= 0.3 is 6.03 Å². The molecule has 0 radical (unpaired) electrons. The van der Waals surface area contributed by atoms with Crippen LogP contribution in [0.15, 0.2) is 6.07 Å². The third kappa shape index (κ3) is 2.99. The van der Waals surface area contributed by atoms with Crippen LogP contribution < -0.4 is 5.32 Å². The largest absolute Gasteiger partial charge is 0.338 e. The minimum atomic E-state index is 0.0737. The summed E-state index contributed by atoms with van der Waals surface area (Å²) in [5.74, 6) is 0. The van der Waals surface area contributed by atoms with Crippen molar-refractivity contribution in [1.82, 2.24) is 20.0 Å². The molecule has 5 nitrogen and oxygen atoms in total. The highest BCUT2D eigenvalue weighted by molar-refractivity contribution is 5.74. The normalized spacial score (nSPS) is 16.1. The van der Waals surface area contributed by atoms with Crippen molar-refractivity contribution in [1.29, 1.82) is 0 Å². The van der Waals surface area contributed by atoms with E-state index in [0.717, 1.165) is 44.7 Å². The summed E-state index contributed by atoms with van der Waals surface area (Å²) in [5, 5.41) is 7.27. The molecule has 1 aromatic rings. The SMILES string of the molecule is Cc1cc(C)n(CCCN2CCCNC2=O)n1. The van der Waals surface area contributed by atoms with Crippen LogP contribution in [0.2, 0.25) is 0 Å². The zero-order chi connectivity index (χ0) is 12.3. The number of aryl methyl sites for hydroxylation is 3. The van der Waals surface area contributed by atoms with Crippen molar-refractivity contribution in [2.75, 3.05) is 19.6 Å². The summed E-state index contributed by atoms with van der Waals surface area (Å²) < 4.78 is 2.01. The monoisotopic (exact) mass is 236 g/mol. The van der Waals surface area contributed by atoms with Gasteiger partial charge in [0, 0.05) is 31.9 Å². The number of nitrogens with zero attached hydrogens (tertiary/aromatic N) is 3. The fourth-order valence-electron chi connectivity index (χ4n) is 2.20. The van der Waals surface area contributed by atoms with Gasteiger partial charge in [-0.2, -0.15) is 5.10 Å². The van der Waals surface area contributed by atoms with Crippen LogP contribution in [0.1, 0.15) is 24.2 Å². The van der Waals surface area contributed by atoms with Gasteiger partial charge in [-0.05, 0) is 32.8 Å². The molecule has 2 heterocycles. The van der Waals surface area contributed by atoms with Gasteiger partial charge in [0.05, 0.1) is 5.69 Å². The van der Waals surface area contributed by atoms with Gasteiger partial charge in [0.15, 0.2) is 0 Å². The second-order valence-electron chi connectivity index (χ2n) is 4.58. The summed E-state index contributed by atoms with van der Waals surface area (Å²) in [5.41, 5.74) is 2.24. The van der Waals surface area contributed by atoms with E-state index < -0.39 is 0 Å². The zero-order valence-electron chi connectivity index (χ0n) is 10.6. The summed E-state index contributed by atoms with van der Waals surface area (Å²) in [6, 6.07) is 2.15. The molecule has 0 aliphatic carbocycles. The Hall–Kier alpha value is -1.52. The highest BCUT2D eigenvalue weighted by atomic mass is 16.2. The minimum absolute atomic E-state index is 0.0737. The maximum Gasteiger partial charge on any atom is 0.317 e. The Morgan fingerprint density at radius 3 is 2.88 bits per heavy atom. The van der Waals surface area contributed by atoms with Gasteiger partial charge in [-0.25, -0.2) is 4.79 Å². The van der Waals surface area contributed by atoms with Crippen molar-refractivity contribution in [3.05, 3.63) is 17.5 Å². The van der Waals surface area contributed by atoms with E-state index in [1.807, 2.05) is 16.5 Å². The first kappa shape index (κ1) is 12.0. The quantitative estimate of drug-likeness (QED) is 0.856. The smallest absolute Gasteiger partial charge is 0.317 e. The van der Waals surface area contributed by atoms with E-state index in [-0.39, 0.29) is 6.03 Å². The van der Waals surface area contributed by atoms with Gasteiger partial charge < -0.3 is 10.2 Å². The number of hydrogen-bond donors (Lipinski definition) is 1. The van der Waals surface area contributed by atoms with E-state index in [9.17, 15) is 4.79 Å². The molecule has 1 aliphatic heterocycles. The predicted octanol–water partition coefficient (Wildman–Crippen LogP) is 1.31. The molecule has 2 amide bonds. The summed E-state index contributed by atoms with van der Waals surface area (Å²) in [4.78, 5) is 13.4. The molecule has 1 N–H and O–H groups in total. The van der Waals surface area contributed by atoms with Crippen LogP contribution in [0.4, 0.5) is 4.79 Å². The Morgan fingerprint density at radius 1 is 1.41 bits per heavy atom. The first-order valence-electron chi connectivity index (χ1n) is 6.20. The molecule has 0 saturated carbocycles. The van der Waals surface area contributed by atoms with Gasteiger partial charge in [-0.15, -0.1) is 0 Å². The summed E-state index contributed by atoms with van der Waals surface area (Å²) >= 11 is 0. The number of nitrogens with one attached hydrogen (secondary N) is 1. The molecular formula is C12H20N4O. The lowest BCUT2D eigenvalue weighted by Gasteiger charge is -2.27. The fourth-order valence-corrected chi connectivity index (χ4v) is 2.20. The lowest BCUT2D eigenvalue weighted by atomic mass is 10.3. The first-order chi connectivity index (χ1) is 8.16. The molecule has 0 unspecified atom stereocenters. The lowest BCUT2D eigenvalue weighted by Crippen LogP contribution is -2.46. The number of hydrogen-bond acceptors (Lipinski definition) is 2. The van der Waals surface area contributed by atoms with E-state index in [1.165, 1.54) is 5.69 Å². The van der Waals surface area contributed by atoms with E-state index in [4.69, 9.17) is 0 Å². The van der Waals surface area contributed by atoms with Crippen molar-refractivity contribution < 1.29 is 4.79 Å². The van der Waals surface area contributed by atoms with E-state index in [1.54, 1.807) is 0 Å². The third-order valence-corrected chi connectivity index (χ3v) is 3.07. The van der Waals surface area contributed by atoms with Gasteiger partial charge in [0.25, 0.3) is 0 Å². The molecule has 1 aromatic heterocycles. The van der Waals surface area contributed by atoms with Crippen LogP contribution in [0.25, 0.3) is 0 Å². The van der Waals surface area contributed by atoms with Crippen molar-refractivity contribution in [2.45, 2.75) is 33.2 Å². The van der Waals surface area contributed by atoms with Gasteiger partial charge in [0.2, 0.25) is 0 Å². The molecule has 94 valence electrons. The second kappa shape index (κ2) is 5.21. The van der Waals surface area contributed by atoms with Crippen LogP contribution in [-0.4, -0.2) is 40.3 Å². The number of amides is 2. The molecule has 0 atom stereocenters. The molecule has 0 aromatic carbocycles. The second-order valence-corrected chi connectivity index (χ2v) is 4.58.